The van der Waals surface area contributed by atoms with E-state index in [0.29, 0.717) is 34.3 Å². The van der Waals surface area contributed by atoms with Gasteiger partial charge in [0.05, 0.1) is 10.6 Å². The summed E-state index contributed by atoms with van der Waals surface area (Å²) in [5.74, 6) is -0.174. The Morgan fingerprint density at radius 2 is 1.76 bits per heavy atom. The van der Waals surface area contributed by atoms with Gasteiger partial charge in [0.1, 0.15) is 0 Å². The van der Waals surface area contributed by atoms with Crippen molar-refractivity contribution in [2.45, 2.75) is 11.8 Å². The van der Waals surface area contributed by atoms with E-state index in [-0.39, 0.29) is 11.8 Å². The van der Waals surface area contributed by atoms with Crippen molar-refractivity contribution in [1.29, 1.82) is 0 Å². The molecule has 2 heterocycles. The summed E-state index contributed by atoms with van der Waals surface area (Å²) in [5.41, 5.74) is 4.50. The van der Waals surface area contributed by atoms with Crippen molar-refractivity contribution in [3.05, 3.63) is 93.3 Å². The molecule has 5 nitrogen and oxygen atoms in total. The van der Waals surface area contributed by atoms with Gasteiger partial charge in [0.15, 0.2) is 0 Å². The van der Waals surface area contributed by atoms with Gasteiger partial charge in [0, 0.05) is 47.3 Å². The van der Waals surface area contributed by atoms with Crippen LogP contribution >= 0.6 is 23.4 Å². The number of amides is 2. The van der Waals surface area contributed by atoms with Crippen LogP contribution in [0.25, 0.3) is 6.08 Å². The minimum atomic E-state index is -0.155. The summed E-state index contributed by atoms with van der Waals surface area (Å²) in [4.78, 5) is 31.5. The molecule has 3 aromatic rings. The second-order valence-electron chi connectivity index (χ2n) is 8.45. The monoisotopic (exact) mass is 489 g/mol. The average Bonchev–Trinajstić information content (AvgIpc) is 2.85. The fraction of sp³-hybridized carbons (Fsp3) is 0.185. The summed E-state index contributed by atoms with van der Waals surface area (Å²) in [5, 5.41) is 3.66. The maximum Gasteiger partial charge on any atom is 0.262 e. The summed E-state index contributed by atoms with van der Waals surface area (Å²) in [6, 6.07) is 21.4. The molecule has 7 heteroatoms. The Balaban J connectivity index is 1.27. The van der Waals surface area contributed by atoms with E-state index >= 15 is 0 Å². The van der Waals surface area contributed by atoms with Crippen molar-refractivity contribution >= 4 is 52.6 Å². The number of aryl methyl sites for hydroxylation is 1. The smallest absolute Gasteiger partial charge is 0.262 e. The number of fused-ring (bicyclic) bond motifs is 1. The van der Waals surface area contributed by atoms with Gasteiger partial charge in [-0.25, -0.2) is 0 Å². The molecule has 2 amide bonds. The van der Waals surface area contributed by atoms with Gasteiger partial charge in [-0.15, -0.1) is 0 Å². The molecule has 0 aliphatic carbocycles. The minimum absolute atomic E-state index is 0.0196. The van der Waals surface area contributed by atoms with Crippen molar-refractivity contribution in [3.63, 3.8) is 0 Å². The number of halogens is 1. The molecule has 0 aromatic heterocycles. The van der Waals surface area contributed by atoms with Crippen molar-refractivity contribution < 1.29 is 9.59 Å². The molecule has 3 aromatic carbocycles. The van der Waals surface area contributed by atoms with Crippen molar-refractivity contribution in [1.82, 2.24) is 4.90 Å². The highest BCUT2D eigenvalue weighted by atomic mass is 35.5. The van der Waals surface area contributed by atoms with Gasteiger partial charge in [-0.2, -0.15) is 0 Å². The van der Waals surface area contributed by atoms with Gasteiger partial charge < -0.3 is 15.1 Å². The van der Waals surface area contributed by atoms with Crippen LogP contribution in [0, 0.1) is 6.92 Å². The molecule has 34 heavy (non-hydrogen) atoms. The van der Waals surface area contributed by atoms with Gasteiger partial charge in [-0.1, -0.05) is 59.3 Å². The predicted molar refractivity (Wildman–Crippen MR) is 140 cm³/mol. The standard InChI is InChI=1S/C27H24ClN3O2S/c1-18-5-7-19(8-6-18)15-25-26(32)29-23-16-20(9-10-24(23)34-25)27(33)31-13-11-30(12-14-31)22-4-2-3-21(28)17-22/h2-10,15-17H,11-14H2,1H3,(H,29,32). The number of carbonyl (C=O) groups is 2. The lowest BCUT2D eigenvalue weighted by Gasteiger charge is -2.36. The zero-order chi connectivity index (χ0) is 23.7. The summed E-state index contributed by atoms with van der Waals surface area (Å²) in [7, 11) is 0. The Hall–Kier alpha value is -3.22. The fourth-order valence-electron chi connectivity index (χ4n) is 4.13. The van der Waals surface area contributed by atoms with E-state index in [0.717, 1.165) is 29.2 Å². The van der Waals surface area contributed by atoms with Crippen molar-refractivity contribution in [2.75, 3.05) is 36.4 Å². The molecular weight excluding hydrogens is 466 g/mol. The molecular formula is C27H24ClN3O2S. The molecule has 0 spiro atoms. The third kappa shape index (κ3) is 4.83. The quantitative estimate of drug-likeness (QED) is 0.480. The highest BCUT2D eigenvalue weighted by molar-refractivity contribution is 8.04. The molecule has 5 rings (SSSR count). The van der Waals surface area contributed by atoms with Crippen LogP contribution < -0.4 is 10.2 Å². The van der Waals surface area contributed by atoms with Gasteiger partial charge >= 0.3 is 0 Å². The SMILES string of the molecule is Cc1ccc(C=C2Sc3ccc(C(=O)N4CCN(c5cccc(Cl)c5)CC4)cc3NC2=O)cc1. The molecule has 172 valence electrons. The number of benzene rings is 3. The Bertz CT molecular complexity index is 1280. The average molecular weight is 490 g/mol. The van der Waals surface area contributed by atoms with Crippen LogP contribution in [0.3, 0.4) is 0 Å². The second kappa shape index (κ2) is 9.57. The number of carbonyl (C=O) groups excluding carboxylic acids is 2. The molecule has 0 saturated carbocycles. The first kappa shape index (κ1) is 22.6. The first-order valence-electron chi connectivity index (χ1n) is 11.2. The minimum Gasteiger partial charge on any atom is -0.368 e. The molecule has 0 unspecified atom stereocenters. The normalized spacial score (nSPS) is 16.9. The van der Waals surface area contributed by atoms with Gasteiger partial charge in [-0.3, -0.25) is 9.59 Å². The molecule has 0 atom stereocenters. The highest BCUT2D eigenvalue weighted by Crippen LogP contribution is 2.39. The highest BCUT2D eigenvalue weighted by Gasteiger charge is 2.26. The van der Waals surface area contributed by atoms with E-state index in [1.807, 2.05) is 78.6 Å². The first-order chi connectivity index (χ1) is 16.5. The predicted octanol–water partition coefficient (Wildman–Crippen LogP) is 5.70. The van der Waals surface area contributed by atoms with Crippen LogP contribution in [0.5, 0.6) is 0 Å². The van der Waals surface area contributed by atoms with Crippen LogP contribution in [0.15, 0.2) is 76.5 Å². The zero-order valence-electron chi connectivity index (χ0n) is 18.8. The lowest BCUT2D eigenvalue weighted by Crippen LogP contribution is -2.48. The van der Waals surface area contributed by atoms with Crippen molar-refractivity contribution in [3.8, 4) is 0 Å². The number of thioether (sulfide) groups is 1. The first-order valence-corrected chi connectivity index (χ1v) is 12.4. The van der Waals surface area contributed by atoms with Crippen LogP contribution in [-0.2, 0) is 4.79 Å². The Labute approximate surface area is 208 Å². The van der Waals surface area contributed by atoms with E-state index in [1.165, 1.54) is 17.3 Å². The number of anilines is 2. The summed E-state index contributed by atoms with van der Waals surface area (Å²) >= 11 is 7.55. The van der Waals surface area contributed by atoms with Crippen LogP contribution in [-0.4, -0.2) is 42.9 Å². The number of rotatable bonds is 3. The maximum atomic E-state index is 13.2. The second-order valence-corrected chi connectivity index (χ2v) is 9.97. The third-order valence-electron chi connectivity index (χ3n) is 6.03. The third-order valence-corrected chi connectivity index (χ3v) is 7.37. The van der Waals surface area contributed by atoms with Crippen LogP contribution in [0.1, 0.15) is 21.5 Å². The lowest BCUT2D eigenvalue weighted by molar-refractivity contribution is -0.112. The summed E-state index contributed by atoms with van der Waals surface area (Å²) < 4.78 is 0. The maximum absolute atomic E-state index is 13.2. The lowest BCUT2D eigenvalue weighted by atomic mass is 10.1. The van der Waals surface area contributed by atoms with Gasteiger partial charge in [-0.05, 0) is 55.0 Å². The van der Waals surface area contributed by atoms with E-state index in [9.17, 15) is 9.59 Å². The summed E-state index contributed by atoms with van der Waals surface area (Å²) in [6.07, 6.45) is 1.89. The molecule has 2 aliphatic heterocycles. The van der Waals surface area contributed by atoms with E-state index < -0.39 is 0 Å². The molecule has 1 N–H and O–H groups in total. The molecule has 1 fully saturated rings. The number of piperazine rings is 1. The van der Waals surface area contributed by atoms with Crippen molar-refractivity contribution in [2.24, 2.45) is 0 Å². The number of hydrogen-bond donors (Lipinski definition) is 1. The number of nitrogens with zero attached hydrogens (tertiary/aromatic N) is 2. The number of hydrogen-bond acceptors (Lipinski definition) is 4. The molecule has 1 saturated heterocycles. The summed E-state index contributed by atoms with van der Waals surface area (Å²) in [6.45, 7) is 4.79. The van der Waals surface area contributed by atoms with Gasteiger partial charge in [0.25, 0.3) is 11.8 Å². The zero-order valence-corrected chi connectivity index (χ0v) is 20.3. The number of nitrogens with one attached hydrogen (secondary N) is 1. The topological polar surface area (TPSA) is 52.7 Å². The Morgan fingerprint density at radius 3 is 2.50 bits per heavy atom. The largest absolute Gasteiger partial charge is 0.368 e. The Kier molecular flexibility index (Phi) is 6.35. The van der Waals surface area contributed by atoms with Crippen LogP contribution in [0.2, 0.25) is 5.02 Å². The molecule has 2 aliphatic rings. The van der Waals surface area contributed by atoms with Gasteiger partial charge in [0.2, 0.25) is 0 Å². The molecule has 0 radical (unpaired) electrons. The molecule has 0 bridgehead atoms. The van der Waals surface area contributed by atoms with E-state index in [4.69, 9.17) is 11.6 Å². The van der Waals surface area contributed by atoms with Crippen LogP contribution in [0.4, 0.5) is 11.4 Å². The Morgan fingerprint density at radius 1 is 1.00 bits per heavy atom. The van der Waals surface area contributed by atoms with E-state index in [1.54, 1.807) is 6.07 Å². The fourth-order valence-corrected chi connectivity index (χ4v) is 5.25. The van der Waals surface area contributed by atoms with E-state index in [2.05, 4.69) is 10.2 Å².